The Balaban J connectivity index is 1.72. The molecule has 3 aromatic rings. The molecule has 0 aliphatic rings. The van der Waals surface area contributed by atoms with Gasteiger partial charge in [-0.15, -0.1) is 11.3 Å². The quantitative estimate of drug-likeness (QED) is 0.626. The molecule has 0 atom stereocenters. The smallest absolute Gasteiger partial charge is 0.355 e. The number of thiazole rings is 1. The van der Waals surface area contributed by atoms with Gasteiger partial charge in [-0.05, 0) is 36.8 Å². The molecule has 2 amide bonds. The molecule has 0 saturated carbocycles. The molecule has 156 valence electrons. The Morgan fingerprint density at radius 1 is 1.07 bits per heavy atom. The van der Waals surface area contributed by atoms with Crippen LogP contribution in [0.3, 0.4) is 0 Å². The topological polar surface area (TPSA) is 71.1 Å². The largest absolute Gasteiger partial charge is 0.416 e. The number of aromatic nitrogens is 1. The van der Waals surface area contributed by atoms with Crippen molar-refractivity contribution >= 4 is 23.2 Å². The highest BCUT2D eigenvalue weighted by Gasteiger charge is 2.30. The van der Waals surface area contributed by atoms with E-state index in [0.29, 0.717) is 26.7 Å². The molecule has 30 heavy (non-hydrogen) atoms. The monoisotopic (exact) mass is 433 g/mol. The summed E-state index contributed by atoms with van der Waals surface area (Å²) in [6, 6.07) is 11.5. The predicted molar refractivity (Wildman–Crippen MR) is 108 cm³/mol. The summed E-state index contributed by atoms with van der Waals surface area (Å²) < 4.78 is 38.2. The molecule has 0 spiro atoms. The number of aryl methyl sites for hydroxylation is 1. The van der Waals surface area contributed by atoms with E-state index in [1.807, 2.05) is 0 Å². The molecular formula is C21H18F3N3O2S. The first-order valence-electron chi connectivity index (χ1n) is 8.93. The lowest BCUT2D eigenvalue weighted by Gasteiger charge is -2.06. The minimum Gasteiger partial charge on any atom is -0.355 e. The van der Waals surface area contributed by atoms with E-state index in [9.17, 15) is 22.8 Å². The van der Waals surface area contributed by atoms with Crippen molar-refractivity contribution in [3.05, 3.63) is 75.8 Å². The summed E-state index contributed by atoms with van der Waals surface area (Å²) in [7, 11) is 1.54. The molecule has 3 rings (SSSR count). The molecule has 1 heterocycles. The van der Waals surface area contributed by atoms with Gasteiger partial charge in [-0.1, -0.05) is 24.3 Å². The summed E-state index contributed by atoms with van der Waals surface area (Å²) >= 11 is 1.11. The standard InChI is InChI=1S/C21H18F3N3O2S/c1-12-17(19(29)26-11-13-4-3-5-15(10-13)18(28)25-2)30-20(27-12)14-6-8-16(9-7-14)21(22,23)24/h3-10H,11H2,1-2H3,(H,25,28)(H,26,29). The number of nitrogens with one attached hydrogen (secondary N) is 2. The minimum atomic E-state index is -4.41. The van der Waals surface area contributed by atoms with Gasteiger partial charge in [0.15, 0.2) is 0 Å². The molecule has 0 saturated heterocycles. The van der Waals surface area contributed by atoms with Gasteiger partial charge < -0.3 is 10.6 Å². The zero-order chi connectivity index (χ0) is 21.9. The number of nitrogens with zero attached hydrogens (tertiary/aromatic N) is 1. The predicted octanol–water partition coefficient (Wildman–Crippen LogP) is 4.43. The van der Waals surface area contributed by atoms with Crippen LogP contribution in [0.15, 0.2) is 48.5 Å². The van der Waals surface area contributed by atoms with Crippen molar-refractivity contribution < 1.29 is 22.8 Å². The van der Waals surface area contributed by atoms with Crippen LogP contribution < -0.4 is 10.6 Å². The number of carbonyl (C=O) groups is 2. The van der Waals surface area contributed by atoms with Crippen LogP contribution in [0.2, 0.25) is 0 Å². The zero-order valence-electron chi connectivity index (χ0n) is 16.1. The highest BCUT2D eigenvalue weighted by atomic mass is 32.1. The lowest BCUT2D eigenvalue weighted by Crippen LogP contribution is -2.23. The zero-order valence-corrected chi connectivity index (χ0v) is 16.9. The third-order valence-electron chi connectivity index (χ3n) is 4.33. The molecule has 2 aromatic carbocycles. The molecule has 9 heteroatoms. The van der Waals surface area contributed by atoms with Gasteiger partial charge in [-0.25, -0.2) is 4.98 Å². The van der Waals surface area contributed by atoms with Crippen LogP contribution >= 0.6 is 11.3 Å². The molecule has 0 aliphatic heterocycles. The van der Waals surface area contributed by atoms with Crippen LogP contribution in [0.1, 0.15) is 36.9 Å². The van der Waals surface area contributed by atoms with Gasteiger partial charge in [-0.2, -0.15) is 13.2 Å². The van der Waals surface area contributed by atoms with Gasteiger partial charge >= 0.3 is 6.18 Å². The highest BCUT2D eigenvalue weighted by molar-refractivity contribution is 7.17. The van der Waals surface area contributed by atoms with Crippen LogP contribution in [-0.4, -0.2) is 23.8 Å². The van der Waals surface area contributed by atoms with E-state index >= 15 is 0 Å². The second-order valence-corrected chi connectivity index (χ2v) is 7.47. The summed E-state index contributed by atoms with van der Waals surface area (Å²) in [6.45, 7) is 1.89. The lowest BCUT2D eigenvalue weighted by molar-refractivity contribution is -0.137. The summed E-state index contributed by atoms with van der Waals surface area (Å²) in [6.07, 6.45) is -4.41. The second-order valence-electron chi connectivity index (χ2n) is 6.47. The first kappa shape index (κ1) is 21.5. The molecule has 2 N–H and O–H groups in total. The maximum absolute atomic E-state index is 12.7. The molecule has 0 aliphatic carbocycles. The number of rotatable bonds is 5. The van der Waals surface area contributed by atoms with Crippen molar-refractivity contribution in [2.45, 2.75) is 19.6 Å². The Hall–Kier alpha value is -3.20. The third-order valence-corrected chi connectivity index (χ3v) is 5.54. The van der Waals surface area contributed by atoms with Gasteiger partial charge in [-0.3, -0.25) is 9.59 Å². The van der Waals surface area contributed by atoms with Crippen LogP contribution in [0.4, 0.5) is 13.2 Å². The summed E-state index contributed by atoms with van der Waals surface area (Å²) in [5, 5.41) is 5.79. The Bertz CT molecular complexity index is 1080. The number of hydrogen-bond acceptors (Lipinski definition) is 4. The van der Waals surface area contributed by atoms with Gasteiger partial charge in [0.1, 0.15) is 9.88 Å². The SMILES string of the molecule is CNC(=O)c1cccc(CNC(=O)c2sc(-c3ccc(C(F)(F)F)cc3)nc2C)c1. The minimum absolute atomic E-state index is 0.219. The van der Waals surface area contributed by atoms with Crippen LogP contribution in [0, 0.1) is 6.92 Å². The van der Waals surface area contributed by atoms with E-state index in [4.69, 9.17) is 0 Å². The van der Waals surface area contributed by atoms with Gasteiger partial charge in [0.05, 0.1) is 11.3 Å². The number of benzene rings is 2. The molecule has 5 nitrogen and oxygen atoms in total. The van der Waals surface area contributed by atoms with E-state index in [1.54, 1.807) is 31.2 Å². The van der Waals surface area contributed by atoms with Crippen molar-refractivity contribution in [3.8, 4) is 10.6 Å². The number of alkyl halides is 3. The summed E-state index contributed by atoms with van der Waals surface area (Å²) in [5.74, 6) is -0.559. The van der Waals surface area contributed by atoms with Crippen molar-refractivity contribution in [2.24, 2.45) is 0 Å². The van der Waals surface area contributed by atoms with Crippen LogP contribution in [0.25, 0.3) is 10.6 Å². The molecule has 0 bridgehead atoms. The van der Waals surface area contributed by atoms with E-state index < -0.39 is 11.7 Å². The van der Waals surface area contributed by atoms with Crippen molar-refractivity contribution in [3.63, 3.8) is 0 Å². The van der Waals surface area contributed by atoms with Crippen molar-refractivity contribution in [2.75, 3.05) is 7.05 Å². The van der Waals surface area contributed by atoms with E-state index in [-0.39, 0.29) is 18.4 Å². The molecule has 0 unspecified atom stereocenters. The van der Waals surface area contributed by atoms with E-state index in [2.05, 4.69) is 15.6 Å². The molecular weight excluding hydrogens is 415 g/mol. The fourth-order valence-corrected chi connectivity index (χ4v) is 3.75. The maximum atomic E-state index is 12.7. The molecule has 0 fully saturated rings. The van der Waals surface area contributed by atoms with Crippen LogP contribution in [0.5, 0.6) is 0 Å². The van der Waals surface area contributed by atoms with Gasteiger partial charge in [0.25, 0.3) is 11.8 Å². The van der Waals surface area contributed by atoms with Crippen molar-refractivity contribution in [1.29, 1.82) is 0 Å². The number of carbonyl (C=O) groups excluding carboxylic acids is 2. The number of amides is 2. The highest BCUT2D eigenvalue weighted by Crippen LogP contribution is 2.33. The van der Waals surface area contributed by atoms with E-state index in [1.165, 1.54) is 19.2 Å². The first-order valence-corrected chi connectivity index (χ1v) is 9.75. The number of hydrogen-bond donors (Lipinski definition) is 2. The normalized spacial score (nSPS) is 11.2. The fourth-order valence-electron chi connectivity index (χ4n) is 2.76. The summed E-state index contributed by atoms with van der Waals surface area (Å²) in [5.41, 5.74) is 1.51. The fraction of sp³-hybridized carbons (Fsp3) is 0.190. The Labute approximate surface area is 175 Å². The molecule has 0 radical (unpaired) electrons. The average molecular weight is 433 g/mol. The molecule has 1 aromatic heterocycles. The Kier molecular flexibility index (Phi) is 6.21. The Morgan fingerprint density at radius 3 is 2.40 bits per heavy atom. The third kappa shape index (κ3) is 4.85. The second kappa shape index (κ2) is 8.66. The average Bonchev–Trinajstić information content (AvgIpc) is 3.13. The summed E-state index contributed by atoms with van der Waals surface area (Å²) in [4.78, 5) is 29.0. The first-order chi connectivity index (χ1) is 14.2. The number of halogens is 3. The Morgan fingerprint density at radius 2 is 1.77 bits per heavy atom. The van der Waals surface area contributed by atoms with Crippen LogP contribution in [-0.2, 0) is 12.7 Å². The van der Waals surface area contributed by atoms with Gasteiger partial charge in [0, 0.05) is 24.7 Å². The van der Waals surface area contributed by atoms with Gasteiger partial charge in [0.2, 0.25) is 0 Å². The lowest BCUT2D eigenvalue weighted by atomic mass is 10.1. The maximum Gasteiger partial charge on any atom is 0.416 e. The van der Waals surface area contributed by atoms with E-state index in [0.717, 1.165) is 29.0 Å². The van der Waals surface area contributed by atoms with Crippen molar-refractivity contribution in [1.82, 2.24) is 15.6 Å².